The summed E-state index contributed by atoms with van der Waals surface area (Å²) in [7, 11) is 0. The summed E-state index contributed by atoms with van der Waals surface area (Å²) < 4.78 is 11.1. The van der Waals surface area contributed by atoms with Gasteiger partial charge in [-0.2, -0.15) is 0 Å². The van der Waals surface area contributed by atoms with Crippen molar-refractivity contribution in [3.63, 3.8) is 0 Å². The van der Waals surface area contributed by atoms with Crippen LogP contribution in [0.25, 0.3) is 11.0 Å². The van der Waals surface area contributed by atoms with Gasteiger partial charge in [-0.15, -0.1) is 12.4 Å². The molecule has 0 saturated heterocycles. The van der Waals surface area contributed by atoms with Crippen LogP contribution in [0.15, 0.2) is 36.7 Å². The summed E-state index contributed by atoms with van der Waals surface area (Å²) >= 11 is 0. The summed E-state index contributed by atoms with van der Waals surface area (Å²) in [5.41, 5.74) is 2.11. The number of aliphatic hydroxyl groups is 1. The number of nitrogens with zero attached hydrogens (tertiary/aromatic N) is 3. The van der Waals surface area contributed by atoms with Gasteiger partial charge in [0.15, 0.2) is 11.5 Å². The van der Waals surface area contributed by atoms with Crippen molar-refractivity contribution < 1.29 is 19.4 Å². The van der Waals surface area contributed by atoms with E-state index in [2.05, 4.69) is 25.6 Å². The molecule has 1 aliphatic heterocycles. The third kappa shape index (κ3) is 5.06. The lowest BCUT2D eigenvalue weighted by Crippen LogP contribution is -2.48. The van der Waals surface area contributed by atoms with Crippen molar-refractivity contribution in [2.24, 2.45) is 0 Å². The zero-order chi connectivity index (χ0) is 22.8. The molecule has 1 amide bonds. The largest absolute Gasteiger partial charge is 0.486 e. The number of nitrogens with one attached hydrogen (secondary N) is 2. The van der Waals surface area contributed by atoms with Gasteiger partial charge in [0.1, 0.15) is 24.3 Å². The van der Waals surface area contributed by atoms with Crippen LogP contribution in [-0.4, -0.2) is 50.8 Å². The van der Waals surface area contributed by atoms with Crippen LogP contribution < -0.4 is 20.1 Å². The fraction of sp³-hybridized carbons (Fsp3) is 0.417. The Bertz CT molecular complexity index is 1180. The molecule has 9 nitrogen and oxygen atoms in total. The molecule has 2 aromatic heterocycles. The number of anilines is 1. The van der Waals surface area contributed by atoms with Crippen molar-refractivity contribution in [1.29, 1.82) is 0 Å². The van der Waals surface area contributed by atoms with Crippen LogP contribution >= 0.6 is 12.4 Å². The maximum absolute atomic E-state index is 13.0. The molecule has 2 aliphatic rings. The molecule has 0 atom stereocenters. The predicted molar refractivity (Wildman–Crippen MR) is 129 cm³/mol. The SMILES string of the molecule is Cc1cnc2cccc(NC(=O)[C@]3(O)CC[C@H](NCc4cc5c(cn4)OCCO5)CC3)c2n1.Cl. The van der Waals surface area contributed by atoms with Crippen LogP contribution in [0.2, 0.25) is 0 Å². The van der Waals surface area contributed by atoms with E-state index in [1.807, 2.05) is 25.1 Å². The van der Waals surface area contributed by atoms with Gasteiger partial charge in [-0.3, -0.25) is 14.8 Å². The molecule has 180 valence electrons. The molecule has 0 spiro atoms. The van der Waals surface area contributed by atoms with Gasteiger partial charge in [0.2, 0.25) is 0 Å². The molecule has 3 N–H and O–H groups in total. The standard InChI is InChI=1S/C24H27N5O4.ClH/c1-15-12-27-18-3-2-4-19(22(18)28-15)29-23(30)24(31)7-5-16(6-8-24)25-13-17-11-20-21(14-26-17)33-10-9-32-20;/h2-4,11-12,14,16,25,31H,5-10,13H2,1H3,(H,29,30);1H/t16-,24-;. The Morgan fingerprint density at radius 1 is 1.15 bits per heavy atom. The normalized spacial score (nSPS) is 21.5. The second kappa shape index (κ2) is 10.1. The van der Waals surface area contributed by atoms with E-state index in [4.69, 9.17) is 9.47 Å². The molecular weight excluding hydrogens is 458 g/mol. The summed E-state index contributed by atoms with van der Waals surface area (Å²) in [5.74, 6) is 0.993. The number of amides is 1. The zero-order valence-corrected chi connectivity index (χ0v) is 19.7. The fourth-order valence-electron chi connectivity index (χ4n) is 4.32. The molecule has 3 aromatic rings. The molecule has 10 heteroatoms. The highest BCUT2D eigenvalue weighted by Gasteiger charge is 2.40. The number of halogens is 1. The molecule has 0 unspecified atom stereocenters. The number of hydrogen-bond acceptors (Lipinski definition) is 8. The third-order valence-corrected chi connectivity index (χ3v) is 6.24. The smallest absolute Gasteiger partial charge is 0.256 e. The number of aryl methyl sites for hydroxylation is 1. The second-order valence-corrected chi connectivity index (χ2v) is 8.64. The number of rotatable bonds is 5. The number of ether oxygens (including phenoxy) is 2. The van der Waals surface area contributed by atoms with Crippen molar-refractivity contribution in [2.45, 2.75) is 50.8 Å². The number of carbonyl (C=O) groups excluding carboxylic acids is 1. The zero-order valence-electron chi connectivity index (χ0n) is 18.9. The Kier molecular flexibility index (Phi) is 7.16. The van der Waals surface area contributed by atoms with Crippen molar-refractivity contribution in [2.75, 3.05) is 18.5 Å². The highest BCUT2D eigenvalue weighted by Crippen LogP contribution is 2.32. The summed E-state index contributed by atoms with van der Waals surface area (Å²) in [6, 6.07) is 7.53. The minimum Gasteiger partial charge on any atom is -0.486 e. The average Bonchev–Trinajstić information content (AvgIpc) is 2.84. The van der Waals surface area contributed by atoms with E-state index >= 15 is 0 Å². The van der Waals surface area contributed by atoms with E-state index in [-0.39, 0.29) is 18.4 Å². The highest BCUT2D eigenvalue weighted by molar-refractivity contribution is 6.02. The minimum absolute atomic E-state index is 0. The molecule has 1 aromatic carbocycles. The summed E-state index contributed by atoms with van der Waals surface area (Å²) in [4.78, 5) is 26.2. The maximum atomic E-state index is 13.0. The van der Waals surface area contributed by atoms with Crippen LogP contribution in [0.3, 0.4) is 0 Å². The van der Waals surface area contributed by atoms with E-state index in [9.17, 15) is 9.90 Å². The van der Waals surface area contributed by atoms with Gasteiger partial charge in [0.25, 0.3) is 5.91 Å². The first-order chi connectivity index (χ1) is 16.0. The topological polar surface area (TPSA) is 118 Å². The number of aromatic nitrogens is 3. The first-order valence-electron chi connectivity index (χ1n) is 11.2. The van der Waals surface area contributed by atoms with E-state index in [1.165, 1.54) is 0 Å². The number of fused-ring (bicyclic) bond motifs is 2. The Hall–Kier alpha value is -3.01. The molecule has 5 rings (SSSR count). The van der Waals surface area contributed by atoms with Crippen LogP contribution in [-0.2, 0) is 11.3 Å². The average molecular weight is 486 g/mol. The van der Waals surface area contributed by atoms with Crippen molar-refractivity contribution in [1.82, 2.24) is 20.3 Å². The Morgan fingerprint density at radius 2 is 1.91 bits per heavy atom. The monoisotopic (exact) mass is 485 g/mol. The quantitative estimate of drug-likeness (QED) is 0.504. The number of hydrogen-bond donors (Lipinski definition) is 3. The number of pyridine rings is 1. The Morgan fingerprint density at radius 3 is 2.71 bits per heavy atom. The minimum atomic E-state index is -1.41. The third-order valence-electron chi connectivity index (χ3n) is 6.24. The lowest BCUT2D eigenvalue weighted by atomic mass is 9.81. The molecule has 34 heavy (non-hydrogen) atoms. The second-order valence-electron chi connectivity index (χ2n) is 8.64. The van der Waals surface area contributed by atoms with Gasteiger partial charge in [0.05, 0.1) is 28.8 Å². The molecule has 0 bridgehead atoms. The molecule has 1 fully saturated rings. The van der Waals surface area contributed by atoms with Gasteiger partial charge in [0, 0.05) is 24.8 Å². The number of para-hydroxylation sites is 1. The fourth-order valence-corrected chi connectivity index (χ4v) is 4.32. The maximum Gasteiger partial charge on any atom is 0.256 e. The van der Waals surface area contributed by atoms with Crippen LogP contribution in [0.5, 0.6) is 11.5 Å². The van der Waals surface area contributed by atoms with Gasteiger partial charge in [-0.25, -0.2) is 4.98 Å². The molecule has 1 aliphatic carbocycles. The van der Waals surface area contributed by atoms with Crippen LogP contribution in [0.4, 0.5) is 5.69 Å². The van der Waals surface area contributed by atoms with E-state index in [0.29, 0.717) is 67.9 Å². The van der Waals surface area contributed by atoms with Crippen LogP contribution in [0, 0.1) is 6.92 Å². The first kappa shape index (κ1) is 24.1. The summed E-state index contributed by atoms with van der Waals surface area (Å²) in [5, 5.41) is 17.4. The van der Waals surface area contributed by atoms with Gasteiger partial charge < -0.3 is 25.2 Å². The van der Waals surface area contributed by atoms with Gasteiger partial charge in [-0.1, -0.05) is 6.07 Å². The first-order valence-corrected chi connectivity index (χ1v) is 11.2. The van der Waals surface area contributed by atoms with Gasteiger partial charge >= 0.3 is 0 Å². The summed E-state index contributed by atoms with van der Waals surface area (Å²) in [6.07, 6.45) is 5.50. The van der Waals surface area contributed by atoms with Gasteiger partial charge in [-0.05, 0) is 44.7 Å². The van der Waals surface area contributed by atoms with E-state index < -0.39 is 11.5 Å². The van der Waals surface area contributed by atoms with Crippen molar-refractivity contribution in [3.05, 3.63) is 48.0 Å². The van der Waals surface area contributed by atoms with Crippen LogP contribution in [0.1, 0.15) is 37.1 Å². The van der Waals surface area contributed by atoms with Crippen molar-refractivity contribution in [3.8, 4) is 11.5 Å². The highest BCUT2D eigenvalue weighted by atomic mass is 35.5. The Balaban J connectivity index is 0.00000274. The number of benzene rings is 1. The summed E-state index contributed by atoms with van der Waals surface area (Å²) in [6.45, 7) is 3.52. The molecule has 0 radical (unpaired) electrons. The lowest BCUT2D eigenvalue weighted by molar-refractivity contribution is -0.137. The van der Waals surface area contributed by atoms with E-state index in [1.54, 1.807) is 18.5 Å². The lowest BCUT2D eigenvalue weighted by Gasteiger charge is -2.35. The van der Waals surface area contributed by atoms with E-state index in [0.717, 1.165) is 17.1 Å². The molecule has 3 heterocycles. The Labute approximate surface area is 203 Å². The molecular formula is C24H28ClN5O4. The number of carbonyl (C=O) groups is 1. The predicted octanol–water partition coefficient (Wildman–Crippen LogP) is 2.93. The molecule has 1 saturated carbocycles. The van der Waals surface area contributed by atoms with Crippen molar-refractivity contribution >= 4 is 35.0 Å².